The summed E-state index contributed by atoms with van der Waals surface area (Å²) < 4.78 is 0.554. The minimum atomic E-state index is -0.144. The summed E-state index contributed by atoms with van der Waals surface area (Å²) in [6.07, 6.45) is 1.31. The van der Waals surface area contributed by atoms with Gasteiger partial charge in [-0.25, -0.2) is 0 Å². The van der Waals surface area contributed by atoms with Gasteiger partial charge in [-0.2, -0.15) is 0 Å². The fraction of sp³-hybridized carbons (Fsp3) is 0.250. The van der Waals surface area contributed by atoms with Crippen LogP contribution in [-0.2, 0) is 19.4 Å². The number of benzene rings is 3. The van der Waals surface area contributed by atoms with Crippen LogP contribution in [0.25, 0.3) is 0 Å². The van der Waals surface area contributed by atoms with Gasteiger partial charge < -0.3 is 25.5 Å². The Labute approximate surface area is 173 Å². The standard InChI is InChI=1S/C24H21NO5/c1-11-2-15-14(7-20(11)26)10-25-17-9-24(30)22(28)6-13(17)4-19(25)16-8-23(29)21(27)5-12(16)3-18(15)25/h2,5-9,18-19H,3-4,10H2,1H3,(H4-,26,27,28,29,30)/p+1/t18?,19-,25?/m1/s1. The zero-order valence-corrected chi connectivity index (χ0v) is 16.4. The number of phenols is 5. The zero-order chi connectivity index (χ0) is 20.9. The van der Waals surface area contributed by atoms with Gasteiger partial charge in [-0.05, 0) is 48.4 Å². The SMILES string of the molecule is Cc1cc2c(cc1O)C[N+]13c4cc(O)c(O)cc4C[C@@H]1c1cc(O)c(O)cc1CC23. The summed E-state index contributed by atoms with van der Waals surface area (Å²) in [5.41, 5.74) is 6.95. The molecule has 0 amide bonds. The van der Waals surface area contributed by atoms with E-state index < -0.39 is 0 Å². The summed E-state index contributed by atoms with van der Waals surface area (Å²) in [6, 6.07) is 10.5. The lowest BCUT2D eigenvalue weighted by atomic mass is 9.84. The predicted octanol–water partition coefficient (Wildman–Crippen LogP) is 3.94. The van der Waals surface area contributed by atoms with Crippen molar-refractivity contribution in [3.05, 3.63) is 69.8 Å². The molecule has 0 fully saturated rings. The maximum Gasteiger partial charge on any atom is 0.163 e. The number of aromatic hydroxyl groups is 5. The van der Waals surface area contributed by atoms with Crippen molar-refractivity contribution in [1.82, 2.24) is 4.48 Å². The van der Waals surface area contributed by atoms with Crippen LogP contribution in [0.3, 0.4) is 0 Å². The number of nitrogens with zero attached hydrogens (tertiary/aromatic N) is 1. The smallest absolute Gasteiger partial charge is 0.163 e. The number of hydrogen-bond donors (Lipinski definition) is 5. The van der Waals surface area contributed by atoms with Gasteiger partial charge in [0.25, 0.3) is 0 Å². The predicted molar refractivity (Wildman–Crippen MR) is 111 cm³/mol. The van der Waals surface area contributed by atoms with Gasteiger partial charge in [0.2, 0.25) is 0 Å². The fourth-order valence-electron chi connectivity index (χ4n) is 6.09. The van der Waals surface area contributed by atoms with E-state index in [4.69, 9.17) is 0 Å². The summed E-state index contributed by atoms with van der Waals surface area (Å²) in [5.74, 6) is -0.279. The van der Waals surface area contributed by atoms with E-state index in [1.807, 2.05) is 19.1 Å². The molecule has 2 unspecified atom stereocenters. The van der Waals surface area contributed by atoms with Crippen LogP contribution >= 0.6 is 0 Å². The Morgan fingerprint density at radius 1 is 0.633 bits per heavy atom. The summed E-state index contributed by atoms with van der Waals surface area (Å²) >= 11 is 0. The van der Waals surface area contributed by atoms with Gasteiger partial charge in [0.15, 0.2) is 23.0 Å². The first-order chi connectivity index (χ1) is 14.3. The molecule has 6 heteroatoms. The second kappa shape index (κ2) is 5.40. The third-order valence-electron chi connectivity index (χ3n) is 7.41. The monoisotopic (exact) mass is 404 g/mol. The minimum absolute atomic E-state index is 0.0312. The maximum absolute atomic E-state index is 10.3. The van der Waals surface area contributed by atoms with Crippen LogP contribution in [0.5, 0.6) is 28.7 Å². The molecule has 6 nitrogen and oxygen atoms in total. The van der Waals surface area contributed by atoms with Crippen LogP contribution in [0.15, 0.2) is 36.4 Å². The second-order valence-electron chi connectivity index (χ2n) is 8.88. The van der Waals surface area contributed by atoms with Crippen molar-refractivity contribution >= 4 is 5.69 Å². The number of fused-ring (bicyclic) bond motifs is 5. The second-order valence-corrected chi connectivity index (χ2v) is 8.88. The topological polar surface area (TPSA) is 101 Å². The molecule has 0 radical (unpaired) electrons. The first kappa shape index (κ1) is 17.5. The normalized spacial score (nSPS) is 25.2. The molecular weight excluding hydrogens is 382 g/mol. The van der Waals surface area contributed by atoms with Gasteiger partial charge in [0.05, 0.1) is 0 Å². The van der Waals surface area contributed by atoms with E-state index in [1.165, 1.54) is 0 Å². The van der Waals surface area contributed by atoms with E-state index >= 15 is 0 Å². The zero-order valence-electron chi connectivity index (χ0n) is 16.4. The molecule has 1 spiro atoms. The average Bonchev–Trinajstić information content (AvgIpc) is 3.16. The molecule has 3 aliphatic rings. The molecule has 0 aromatic heterocycles. The van der Waals surface area contributed by atoms with Crippen LogP contribution in [0.2, 0.25) is 0 Å². The van der Waals surface area contributed by atoms with Crippen LogP contribution in [0, 0.1) is 6.92 Å². The van der Waals surface area contributed by atoms with Crippen molar-refractivity contribution in [3.63, 3.8) is 0 Å². The molecule has 0 saturated carbocycles. The van der Waals surface area contributed by atoms with Gasteiger partial charge in [-0.1, -0.05) is 0 Å². The minimum Gasteiger partial charge on any atom is -0.508 e. The van der Waals surface area contributed by atoms with Gasteiger partial charge in [0, 0.05) is 41.2 Å². The Kier molecular flexibility index (Phi) is 3.15. The molecule has 152 valence electrons. The number of hydrogen-bond acceptors (Lipinski definition) is 5. The largest absolute Gasteiger partial charge is 0.508 e. The van der Waals surface area contributed by atoms with E-state index in [9.17, 15) is 25.5 Å². The highest BCUT2D eigenvalue weighted by Gasteiger charge is 2.60. The highest BCUT2D eigenvalue weighted by atomic mass is 16.3. The van der Waals surface area contributed by atoms with Gasteiger partial charge in [0.1, 0.15) is 30.1 Å². The van der Waals surface area contributed by atoms with Crippen molar-refractivity contribution in [2.75, 3.05) is 0 Å². The number of aryl methyl sites for hydroxylation is 1. The number of quaternary nitrogens is 1. The summed E-state index contributed by atoms with van der Waals surface area (Å²) in [7, 11) is 0. The van der Waals surface area contributed by atoms with Crippen LogP contribution in [0.1, 0.15) is 45.5 Å². The molecule has 5 N–H and O–H groups in total. The molecule has 0 saturated heterocycles. The van der Waals surface area contributed by atoms with Crippen molar-refractivity contribution in [1.29, 1.82) is 0 Å². The molecule has 3 heterocycles. The van der Waals surface area contributed by atoms with Crippen molar-refractivity contribution in [2.24, 2.45) is 0 Å². The van der Waals surface area contributed by atoms with E-state index in [0.717, 1.165) is 39.1 Å². The van der Waals surface area contributed by atoms with Crippen LogP contribution in [0.4, 0.5) is 5.69 Å². The maximum atomic E-state index is 10.3. The molecular formula is C24H22NO5+. The Morgan fingerprint density at radius 2 is 1.17 bits per heavy atom. The summed E-state index contributed by atoms with van der Waals surface area (Å²) in [6.45, 7) is 2.54. The lowest BCUT2D eigenvalue weighted by Gasteiger charge is -2.46. The third kappa shape index (κ3) is 1.96. The Bertz CT molecular complexity index is 1260. The molecule has 3 atom stereocenters. The average molecular weight is 404 g/mol. The van der Waals surface area contributed by atoms with E-state index in [2.05, 4.69) is 0 Å². The molecule has 3 aliphatic heterocycles. The number of rotatable bonds is 0. The van der Waals surface area contributed by atoms with Crippen LogP contribution in [-0.4, -0.2) is 25.5 Å². The van der Waals surface area contributed by atoms with Crippen LogP contribution < -0.4 is 4.48 Å². The van der Waals surface area contributed by atoms with E-state index in [0.29, 0.717) is 23.9 Å². The van der Waals surface area contributed by atoms with Gasteiger partial charge in [-0.3, -0.25) is 4.48 Å². The lowest BCUT2D eigenvalue weighted by molar-refractivity contribution is 0.150. The van der Waals surface area contributed by atoms with Gasteiger partial charge >= 0.3 is 0 Å². The van der Waals surface area contributed by atoms with Crippen molar-refractivity contribution in [3.8, 4) is 28.7 Å². The first-order valence-corrected chi connectivity index (χ1v) is 10.1. The molecule has 0 bridgehead atoms. The highest BCUT2D eigenvalue weighted by molar-refractivity contribution is 5.69. The number of phenolic OH excluding ortho intramolecular Hbond substituents is 5. The summed E-state index contributed by atoms with van der Waals surface area (Å²) in [5, 5.41) is 51.1. The third-order valence-corrected chi connectivity index (χ3v) is 7.41. The van der Waals surface area contributed by atoms with E-state index in [-0.39, 0.29) is 40.8 Å². The summed E-state index contributed by atoms with van der Waals surface area (Å²) in [4.78, 5) is 0. The molecule has 3 aromatic carbocycles. The molecule has 0 aliphatic carbocycles. The van der Waals surface area contributed by atoms with Crippen molar-refractivity contribution in [2.45, 2.75) is 38.4 Å². The molecule has 6 rings (SSSR count). The van der Waals surface area contributed by atoms with Crippen molar-refractivity contribution < 1.29 is 25.5 Å². The quantitative estimate of drug-likeness (QED) is 0.289. The Balaban J connectivity index is 1.66. The Hall–Kier alpha value is -3.38. The first-order valence-electron chi connectivity index (χ1n) is 10.1. The van der Waals surface area contributed by atoms with E-state index in [1.54, 1.807) is 24.3 Å². The highest BCUT2D eigenvalue weighted by Crippen LogP contribution is 2.63. The van der Waals surface area contributed by atoms with Gasteiger partial charge in [-0.15, -0.1) is 0 Å². The molecule has 30 heavy (non-hydrogen) atoms. The molecule has 3 aromatic rings. The lowest BCUT2D eigenvalue weighted by Crippen LogP contribution is -2.51. The fourth-order valence-corrected chi connectivity index (χ4v) is 6.09. The Morgan fingerprint density at radius 3 is 1.90 bits per heavy atom.